The molecule has 2 fully saturated rings. The van der Waals surface area contributed by atoms with Gasteiger partial charge in [-0.05, 0) is 66.5 Å². The molecule has 0 spiro atoms. The molecule has 0 aromatic heterocycles. The molecule has 3 N–H and O–H groups in total. The van der Waals surface area contributed by atoms with Crippen LogP contribution in [0, 0.1) is 3.57 Å². The molecule has 2 unspecified atom stereocenters. The van der Waals surface area contributed by atoms with E-state index in [9.17, 15) is 9.90 Å². The molecule has 1 aromatic carbocycles. The van der Waals surface area contributed by atoms with Crippen molar-refractivity contribution in [3.05, 3.63) is 27.3 Å². The Morgan fingerprint density at radius 3 is 2.63 bits per heavy atom. The summed E-state index contributed by atoms with van der Waals surface area (Å²) in [5.41, 5.74) is 0.531. The summed E-state index contributed by atoms with van der Waals surface area (Å²) in [4.78, 5) is 12.2. The summed E-state index contributed by atoms with van der Waals surface area (Å²) >= 11 is 2.04. The Morgan fingerprint density at radius 2 is 2.00 bits per heavy atom. The molecule has 102 valence electrons. The summed E-state index contributed by atoms with van der Waals surface area (Å²) in [6, 6.07) is 6.44. The summed E-state index contributed by atoms with van der Waals surface area (Å²) in [6.45, 7) is 0. The SMILES string of the molecule is O=C(NC1CC2CCC(C1)N2)c1ccc(I)c(O)c1. The molecule has 2 atom stereocenters. The number of amides is 1. The number of hydrogen-bond acceptors (Lipinski definition) is 3. The lowest BCUT2D eigenvalue weighted by Gasteiger charge is -2.29. The Hall–Kier alpha value is -0.820. The van der Waals surface area contributed by atoms with Gasteiger partial charge in [-0.1, -0.05) is 0 Å². The van der Waals surface area contributed by atoms with Gasteiger partial charge in [0.2, 0.25) is 0 Å². The number of halogens is 1. The van der Waals surface area contributed by atoms with Crippen LogP contribution in [0.1, 0.15) is 36.0 Å². The molecule has 1 amide bonds. The summed E-state index contributed by atoms with van der Waals surface area (Å²) < 4.78 is 0.758. The van der Waals surface area contributed by atoms with Crippen LogP contribution < -0.4 is 10.6 Å². The molecule has 5 heteroatoms. The van der Waals surface area contributed by atoms with Gasteiger partial charge >= 0.3 is 0 Å². The Kier molecular flexibility index (Phi) is 3.66. The normalized spacial score (nSPS) is 29.2. The van der Waals surface area contributed by atoms with Gasteiger partial charge in [0.1, 0.15) is 5.75 Å². The smallest absolute Gasteiger partial charge is 0.251 e. The predicted molar refractivity (Wildman–Crippen MR) is 81.3 cm³/mol. The number of aromatic hydroxyl groups is 1. The second-order valence-corrected chi connectivity index (χ2v) is 6.61. The van der Waals surface area contributed by atoms with Gasteiger partial charge in [-0.2, -0.15) is 0 Å². The first-order valence-corrected chi connectivity index (χ1v) is 7.75. The molecule has 3 rings (SSSR count). The maximum absolute atomic E-state index is 12.2. The standard InChI is InChI=1S/C14H17IN2O2/c15-12-4-1-8(5-13(12)18)14(19)17-11-6-9-2-3-10(7-11)16-9/h1,4-5,9-11,16,18H,2-3,6-7H2,(H,17,19). The van der Waals surface area contributed by atoms with E-state index in [1.807, 2.05) is 22.6 Å². The quantitative estimate of drug-likeness (QED) is 0.697. The Morgan fingerprint density at radius 1 is 1.32 bits per heavy atom. The summed E-state index contributed by atoms with van der Waals surface area (Å²) in [5, 5.41) is 16.3. The Labute approximate surface area is 126 Å². The largest absolute Gasteiger partial charge is 0.507 e. The molecule has 2 saturated heterocycles. The predicted octanol–water partition coefficient (Wildman–Crippen LogP) is 2.01. The van der Waals surface area contributed by atoms with Crippen LogP contribution in [-0.2, 0) is 0 Å². The molecule has 2 aliphatic heterocycles. The first-order chi connectivity index (χ1) is 9.11. The third-order valence-corrected chi connectivity index (χ3v) is 4.93. The van der Waals surface area contributed by atoms with Crippen molar-refractivity contribution in [1.82, 2.24) is 10.6 Å². The minimum absolute atomic E-state index is 0.0852. The number of carbonyl (C=O) groups is 1. The molecule has 2 aliphatic rings. The molecule has 2 heterocycles. The minimum Gasteiger partial charge on any atom is -0.507 e. The highest BCUT2D eigenvalue weighted by Crippen LogP contribution is 2.27. The molecule has 0 saturated carbocycles. The van der Waals surface area contributed by atoms with Crippen molar-refractivity contribution in [3.63, 3.8) is 0 Å². The number of phenols is 1. The Bertz CT molecular complexity index is 494. The van der Waals surface area contributed by atoms with Gasteiger partial charge in [-0.25, -0.2) is 0 Å². The lowest BCUT2D eigenvalue weighted by molar-refractivity contribution is 0.0923. The van der Waals surface area contributed by atoms with Crippen LogP contribution in [-0.4, -0.2) is 29.1 Å². The fourth-order valence-corrected chi connectivity index (χ4v) is 3.43. The summed E-state index contributed by atoms with van der Waals surface area (Å²) in [6.07, 6.45) is 4.47. The highest BCUT2D eigenvalue weighted by molar-refractivity contribution is 14.1. The third-order valence-electron chi connectivity index (χ3n) is 4.02. The number of fused-ring (bicyclic) bond motifs is 2. The minimum atomic E-state index is -0.0852. The van der Waals surface area contributed by atoms with Gasteiger partial charge in [0.15, 0.2) is 0 Å². The lowest BCUT2D eigenvalue weighted by atomic mass is 9.99. The van der Waals surface area contributed by atoms with Crippen LogP contribution in [0.2, 0.25) is 0 Å². The number of benzene rings is 1. The molecular weight excluding hydrogens is 355 g/mol. The maximum Gasteiger partial charge on any atom is 0.251 e. The number of rotatable bonds is 2. The monoisotopic (exact) mass is 372 g/mol. The average molecular weight is 372 g/mol. The van der Waals surface area contributed by atoms with E-state index in [2.05, 4.69) is 10.6 Å². The van der Waals surface area contributed by atoms with E-state index in [1.165, 1.54) is 18.9 Å². The van der Waals surface area contributed by atoms with Gasteiger partial charge in [-0.3, -0.25) is 4.79 Å². The van der Waals surface area contributed by atoms with E-state index in [-0.39, 0.29) is 17.7 Å². The van der Waals surface area contributed by atoms with Gasteiger partial charge in [-0.15, -0.1) is 0 Å². The molecule has 1 aromatic rings. The molecule has 2 bridgehead atoms. The average Bonchev–Trinajstić information content (AvgIpc) is 2.72. The highest BCUT2D eigenvalue weighted by Gasteiger charge is 2.34. The van der Waals surface area contributed by atoms with Crippen molar-refractivity contribution >= 4 is 28.5 Å². The fraction of sp³-hybridized carbons (Fsp3) is 0.500. The molecular formula is C14H17IN2O2. The van der Waals surface area contributed by atoms with E-state index in [4.69, 9.17) is 0 Å². The number of nitrogens with one attached hydrogen (secondary N) is 2. The van der Waals surface area contributed by atoms with E-state index in [1.54, 1.807) is 12.1 Å². The zero-order valence-electron chi connectivity index (χ0n) is 10.5. The summed E-state index contributed by atoms with van der Waals surface area (Å²) in [7, 11) is 0. The molecule has 4 nitrogen and oxygen atoms in total. The number of piperidine rings is 1. The van der Waals surface area contributed by atoms with Crippen LogP contribution in [0.4, 0.5) is 0 Å². The van der Waals surface area contributed by atoms with E-state index >= 15 is 0 Å². The lowest BCUT2D eigenvalue weighted by Crippen LogP contribution is -2.48. The van der Waals surface area contributed by atoms with Crippen LogP contribution in [0.3, 0.4) is 0 Å². The van der Waals surface area contributed by atoms with Crippen molar-refractivity contribution in [2.24, 2.45) is 0 Å². The van der Waals surface area contributed by atoms with Crippen LogP contribution in [0.25, 0.3) is 0 Å². The van der Waals surface area contributed by atoms with Crippen molar-refractivity contribution in [2.75, 3.05) is 0 Å². The van der Waals surface area contributed by atoms with E-state index < -0.39 is 0 Å². The second kappa shape index (κ2) is 5.28. The van der Waals surface area contributed by atoms with Gasteiger partial charge in [0.25, 0.3) is 5.91 Å². The van der Waals surface area contributed by atoms with E-state index in [0.29, 0.717) is 17.6 Å². The topological polar surface area (TPSA) is 61.4 Å². The first-order valence-electron chi connectivity index (χ1n) is 6.67. The maximum atomic E-state index is 12.2. The molecule has 0 aliphatic carbocycles. The van der Waals surface area contributed by atoms with Crippen LogP contribution in [0.15, 0.2) is 18.2 Å². The fourth-order valence-electron chi connectivity index (χ4n) is 3.10. The molecule has 19 heavy (non-hydrogen) atoms. The van der Waals surface area contributed by atoms with Gasteiger partial charge in [0, 0.05) is 23.7 Å². The zero-order valence-corrected chi connectivity index (χ0v) is 12.7. The van der Waals surface area contributed by atoms with Crippen molar-refractivity contribution < 1.29 is 9.90 Å². The van der Waals surface area contributed by atoms with Crippen LogP contribution >= 0.6 is 22.6 Å². The number of carbonyl (C=O) groups excluding carboxylic acids is 1. The first kappa shape index (κ1) is 13.2. The molecule has 0 radical (unpaired) electrons. The number of phenolic OH excluding ortho intramolecular Hbond substituents is 1. The highest BCUT2D eigenvalue weighted by atomic mass is 127. The third kappa shape index (κ3) is 2.86. The van der Waals surface area contributed by atoms with Gasteiger partial charge < -0.3 is 15.7 Å². The van der Waals surface area contributed by atoms with Crippen LogP contribution in [0.5, 0.6) is 5.75 Å². The summed E-state index contributed by atoms with van der Waals surface area (Å²) in [5.74, 6) is 0.0802. The Balaban J connectivity index is 1.66. The number of hydrogen-bond donors (Lipinski definition) is 3. The second-order valence-electron chi connectivity index (χ2n) is 5.45. The van der Waals surface area contributed by atoms with Crippen molar-refractivity contribution in [2.45, 2.75) is 43.8 Å². The van der Waals surface area contributed by atoms with Crippen molar-refractivity contribution in [3.8, 4) is 5.75 Å². The van der Waals surface area contributed by atoms with Crippen molar-refractivity contribution in [1.29, 1.82) is 0 Å². The zero-order chi connectivity index (χ0) is 13.4. The van der Waals surface area contributed by atoms with Gasteiger partial charge in [0.05, 0.1) is 3.57 Å². The van der Waals surface area contributed by atoms with E-state index in [0.717, 1.165) is 16.4 Å².